The zero-order valence-corrected chi connectivity index (χ0v) is 70.3. The van der Waals surface area contributed by atoms with Crippen LogP contribution in [0.25, 0.3) is 32.9 Å². The third-order valence-electron chi connectivity index (χ3n) is 18.1. The molecule has 0 saturated carbocycles. The van der Waals surface area contributed by atoms with Crippen molar-refractivity contribution < 1.29 is 57.0 Å². The van der Waals surface area contributed by atoms with Gasteiger partial charge in [-0.05, 0) is 187 Å². The van der Waals surface area contributed by atoms with E-state index in [-0.39, 0.29) is 38.7 Å². The van der Waals surface area contributed by atoms with Crippen molar-refractivity contribution in [3.8, 4) is 45.6 Å². The number of carbonyl (C=O) groups is 2. The van der Waals surface area contributed by atoms with Crippen molar-refractivity contribution >= 4 is 109 Å². The van der Waals surface area contributed by atoms with Crippen LogP contribution >= 0.6 is 63.7 Å². The van der Waals surface area contributed by atoms with Gasteiger partial charge in [0.15, 0.2) is 0 Å². The van der Waals surface area contributed by atoms with Crippen molar-refractivity contribution in [3.05, 3.63) is 147 Å². The normalized spacial score (nSPS) is 13.6. The number of rotatable bonds is 26. The number of phenols is 1. The van der Waals surface area contributed by atoms with Crippen molar-refractivity contribution in [1.29, 1.82) is 0 Å². The Balaban J connectivity index is 0.000000244. The highest BCUT2D eigenvalue weighted by Gasteiger charge is 2.33. The molecule has 1 N–H and O–H groups in total. The quantitative estimate of drug-likeness (QED) is 0.0178. The Hall–Kier alpha value is -6.41. The molecular weight excluding hydrogens is 1550 g/mol. The van der Waals surface area contributed by atoms with E-state index in [4.69, 9.17) is 42.6 Å². The number of carbonyl (C=O) groups excluding carboxylic acids is 2. The summed E-state index contributed by atoms with van der Waals surface area (Å²) in [7, 11) is 8.47. The fraction of sp³-hybridized carbons (Fsp3) is 0.506. The topological polar surface area (TPSA) is 183 Å². The van der Waals surface area contributed by atoms with Gasteiger partial charge in [0.05, 0.1) is 68.5 Å². The van der Waals surface area contributed by atoms with Gasteiger partial charge in [-0.1, -0.05) is 187 Å². The van der Waals surface area contributed by atoms with E-state index in [2.05, 4.69) is 180 Å². The molecule has 102 heavy (non-hydrogen) atoms. The summed E-state index contributed by atoms with van der Waals surface area (Å²) in [6.45, 7) is 32.0. The van der Waals surface area contributed by atoms with Gasteiger partial charge in [-0.3, -0.25) is 9.59 Å². The molecule has 0 saturated heterocycles. The number of aromatic hydroxyl groups is 1. The molecule has 0 fully saturated rings. The van der Waals surface area contributed by atoms with Gasteiger partial charge in [-0.15, -0.1) is 0 Å². The number of ether oxygens (including phenoxy) is 8. The first-order valence-corrected chi connectivity index (χ1v) is 38.6. The van der Waals surface area contributed by atoms with Crippen LogP contribution in [0.1, 0.15) is 228 Å². The van der Waals surface area contributed by atoms with Crippen LogP contribution in [0.3, 0.4) is 0 Å². The lowest BCUT2D eigenvalue weighted by Crippen LogP contribution is -2.17. The van der Waals surface area contributed by atoms with Crippen LogP contribution in [0.4, 0.5) is 0 Å². The summed E-state index contributed by atoms with van der Waals surface area (Å²) in [6, 6.07) is 29.6. The summed E-state index contributed by atoms with van der Waals surface area (Å²) in [5.74, 6) is 4.38. The van der Waals surface area contributed by atoms with Crippen molar-refractivity contribution in [3.63, 3.8) is 0 Å². The maximum Gasteiger partial charge on any atom is 0.344 e. The van der Waals surface area contributed by atoms with E-state index in [1.165, 1.54) is 102 Å². The first-order chi connectivity index (χ1) is 48.0. The molecule has 0 spiro atoms. The Morgan fingerprint density at radius 1 is 0.480 bits per heavy atom. The van der Waals surface area contributed by atoms with E-state index in [0.29, 0.717) is 46.8 Å². The van der Waals surface area contributed by atoms with Crippen LogP contribution in [0, 0.1) is 0 Å². The number of aliphatic imine (C=N–C) groups is 2. The number of phenolic OH excluding ortho intramolecular Hbond substituents is 1. The minimum Gasteiger partial charge on any atom is -0.507 e. The molecule has 2 aliphatic heterocycles. The van der Waals surface area contributed by atoms with Crippen LogP contribution in [0.5, 0.6) is 34.5 Å². The summed E-state index contributed by atoms with van der Waals surface area (Å²) in [4.78, 5) is 41.3. The zero-order valence-electron chi connectivity index (χ0n) is 63.9. The standard InChI is InChI=1S/C28H38BrNO3.C22H25BrO3.C17H27BrO2.C12H14BrNO2.C4H6O3/c1-8-9-10-11-14-27(2,3)19-15-23(31-6)25(24(16-19)32-7)22-17-20(29)12-13-21(22)26-30-28(4,5)18-33-26;1-4-5-6-7-10-22(2,3)14-11-18(24)20-17-13-15(23)8-9-16(17)21(25)26-19(20)12-14;1-6-7-8-9-10-17(2,3)13-11-14(19-4)16(18)15(12-13)20-5;1-12(2)7-16-11(14-12)9-5-4-8(13)6-10(9)15-3;1-3(5)7-4(2)6/h12-13,15-17H,8-11,14,18H2,1-7H3;8-9,11-13,24H,4-7,10H2,1-3H3;11-12H,6-10H2,1-5H3;4-6H,7H2,1-3H3;1-2H3. The van der Waals surface area contributed by atoms with Crippen molar-refractivity contribution in [2.45, 2.75) is 227 Å². The highest BCUT2D eigenvalue weighted by atomic mass is 79.9. The monoisotopic (exact) mass is 1660 g/mol. The third-order valence-corrected chi connectivity index (χ3v) is 20.4. The predicted molar refractivity (Wildman–Crippen MR) is 431 cm³/mol. The van der Waals surface area contributed by atoms with Gasteiger partial charge in [-0.2, -0.15) is 0 Å². The molecule has 0 unspecified atom stereocenters. The maximum atomic E-state index is 12.4. The van der Waals surface area contributed by atoms with Gasteiger partial charge < -0.3 is 47.4 Å². The minimum absolute atomic E-state index is 0.0234. The van der Waals surface area contributed by atoms with Gasteiger partial charge in [0.1, 0.15) is 57.8 Å². The molecule has 0 bridgehead atoms. The zero-order chi connectivity index (χ0) is 75.9. The Bertz CT molecular complexity index is 4010. The SMILES string of the molecule is CC(=O)OC(C)=O.CCCCCCC(C)(C)c1cc(O)c2c(c1)oc(=O)c1ccc(Br)cc12.CCCCCCC(C)(C)c1cc(OC)c(-c2cc(Br)ccc2C2=NC(C)(C)CO2)c(OC)c1.CCCCCCC(C)(C)c1cc(OC)c(Br)c(OC)c1.COc1cc(Br)ccc1C1=NC(C)(C)CO1. The largest absolute Gasteiger partial charge is 0.507 e. The van der Waals surface area contributed by atoms with Gasteiger partial charge in [0.2, 0.25) is 11.8 Å². The van der Waals surface area contributed by atoms with Crippen LogP contribution < -0.4 is 29.3 Å². The molecule has 1 aromatic heterocycles. The van der Waals surface area contributed by atoms with Crippen LogP contribution in [0.2, 0.25) is 0 Å². The molecule has 9 rings (SSSR count). The maximum absolute atomic E-state index is 12.4. The molecule has 7 aromatic rings. The molecule has 3 heterocycles. The van der Waals surface area contributed by atoms with Gasteiger partial charge in [0, 0.05) is 43.8 Å². The van der Waals surface area contributed by atoms with E-state index in [1.54, 1.807) is 47.7 Å². The molecule has 0 amide bonds. The lowest BCUT2D eigenvalue weighted by atomic mass is 9.79. The van der Waals surface area contributed by atoms with Gasteiger partial charge >= 0.3 is 17.6 Å². The van der Waals surface area contributed by atoms with Crippen molar-refractivity contribution in [2.75, 3.05) is 48.8 Å². The summed E-state index contributed by atoms with van der Waals surface area (Å²) < 4.78 is 52.9. The summed E-state index contributed by atoms with van der Waals surface area (Å²) in [6.07, 6.45) is 18.4. The Kier molecular flexibility index (Phi) is 33.5. The van der Waals surface area contributed by atoms with E-state index in [0.717, 1.165) is 93.7 Å². The predicted octanol–water partition coefficient (Wildman–Crippen LogP) is 23.4. The number of nitrogens with zero attached hydrogens (tertiary/aromatic N) is 2. The smallest absolute Gasteiger partial charge is 0.344 e. The number of hydrogen-bond donors (Lipinski definition) is 1. The number of methoxy groups -OCH3 is 5. The Labute approximate surface area is 640 Å². The molecule has 2 aliphatic rings. The average molecular weight is 1660 g/mol. The summed E-state index contributed by atoms with van der Waals surface area (Å²) in [5, 5.41) is 12.5. The van der Waals surface area contributed by atoms with Gasteiger partial charge in [-0.25, -0.2) is 14.8 Å². The van der Waals surface area contributed by atoms with E-state index < -0.39 is 11.9 Å². The second-order valence-corrected chi connectivity index (χ2v) is 32.7. The fourth-order valence-electron chi connectivity index (χ4n) is 12.0. The Morgan fingerprint density at radius 2 is 0.873 bits per heavy atom. The van der Waals surface area contributed by atoms with E-state index >= 15 is 0 Å². The van der Waals surface area contributed by atoms with Crippen LogP contribution in [0.15, 0.2) is 128 Å². The molecule has 0 atom stereocenters. The number of benzene rings is 6. The minimum atomic E-state index is -0.562. The highest BCUT2D eigenvalue weighted by molar-refractivity contribution is 9.11. The number of esters is 2. The number of halogens is 4. The molecule has 15 nitrogen and oxygen atoms in total. The lowest BCUT2D eigenvalue weighted by Gasteiger charge is -2.28. The second kappa shape index (κ2) is 39.6. The third kappa shape index (κ3) is 24.9. The highest BCUT2D eigenvalue weighted by Crippen LogP contribution is 2.47. The summed E-state index contributed by atoms with van der Waals surface area (Å²) in [5.41, 5.74) is 6.96. The number of fused-ring (bicyclic) bond motifs is 3. The van der Waals surface area contributed by atoms with Crippen molar-refractivity contribution in [2.24, 2.45) is 9.98 Å². The van der Waals surface area contributed by atoms with Crippen LogP contribution in [-0.4, -0.2) is 88.7 Å². The van der Waals surface area contributed by atoms with E-state index in [9.17, 15) is 19.5 Å². The fourth-order valence-corrected chi connectivity index (χ4v) is 13.7. The second-order valence-electron chi connectivity index (χ2n) is 29.1. The van der Waals surface area contributed by atoms with E-state index in [1.807, 2.05) is 62.4 Å². The molecule has 6 aromatic carbocycles. The number of unbranched alkanes of at least 4 members (excludes halogenated alkanes) is 9. The first kappa shape index (κ1) is 86.2. The van der Waals surface area contributed by atoms with Crippen LogP contribution in [-0.2, 0) is 40.0 Å². The van der Waals surface area contributed by atoms with Crippen molar-refractivity contribution in [1.82, 2.24) is 0 Å². The molecule has 19 heteroatoms. The molecular formula is C83H110Br4N2O13. The average Bonchev–Trinajstić information content (AvgIpc) is 0.809. The summed E-state index contributed by atoms with van der Waals surface area (Å²) >= 11 is 14.0. The molecule has 0 aliphatic carbocycles. The number of hydrogen-bond acceptors (Lipinski definition) is 15. The lowest BCUT2D eigenvalue weighted by molar-refractivity contribution is -0.156. The first-order valence-electron chi connectivity index (χ1n) is 35.4. The molecule has 558 valence electrons. The Morgan fingerprint density at radius 3 is 1.27 bits per heavy atom. The van der Waals surface area contributed by atoms with Gasteiger partial charge in [0.25, 0.3) is 0 Å². The molecule has 0 radical (unpaired) electrons.